The summed E-state index contributed by atoms with van der Waals surface area (Å²) in [6.07, 6.45) is 5.51. The summed E-state index contributed by atoms with van der Waals surface area (Å²) in [7, 11) is 0. The number of hydrogen-bond donors (Lipinski definition) is 0. The van der Waals surface area contributed by atoms with Gasteiger partial charge in [-0.2, -0.15) is 0 Å². The van der Waals surface area contributed by atoms with E-state index in [1.807, 2.05) is 12.2 Å². The number of Topliss-reactive ketones (excluding diaryl/α,β-unsaturated/α-hetero) is 1. The van der Waals surface area contributed by atoms with Gasteiger partial charge in [0.15, 0.2) is 5.78 Å². The highest BCUT2D eigenvalue weighted by atomic mass is 16.5. The Kier molecular flexibility index (Phi) is 3.48. The van der Waals surface area contributed by atoms with E-state index < -0.39 is 11.5 Å². The second kappa shape index (κ2) is 5.05. The molecule has 114 valence electrons. The molecule has 0 amide bonds. The summed E-state index contributed by atoms with van der Waals surface area (Å²) >= 11 is 0. The Hall–Kier alpha value is -1.49. The first-order chi connectivity index (χ1) is 10.0. The predicted molar refractivity (Wildman–Crippen MR) is 73.4 cm³/mol. The fourth-order valence-corrected chi connectivity index (χ4v) is 4.32. The lowest BCUT2D eigenvalue weighted by Crippen LogP contribution is -2.64. The Morgan fingerprint density at radius 3 is 2.90 bits per heavy atom. The maximum Gasteiger partial charge on any atom is 0.302 e. The predicted octanol–water partition coefficient (Wildman–Crippen LogP) is 1.45. The van der Waals surface area contributed by atoms with Crippen molar-refractivity contribution >= 4 is 18.0 Å². The number of aldehydes is 1. The molecular weight excluding hydrogens is 272 g/mol. The van der Waals surface area contributed by atoms with Crippen LogP contribution in [0.25, 0.3) is 0 Å². The van der Waals surface area contributed by atoms with Crippen LogP contribution in [0.15, 0.2) is 12.2 Å². The second-order valence-corrected chi connectivity index (χ2v) is 6.25. The topological polar surface area (TPSA) is 69.7 Å². The van der Waals surface area contributed by atoms with Crippen LogP contribution in [-0.2, 0) is 23.9 Å². The zero-order valence-corrected chi connectivity index (χ0v) is 12.3. The summed E-state index contributed by atoms with van der Waals surface area (Å²) < 4.78 is 11.2. The van der Waals surface area contributed by atoms with Crippen LogP contribution in [0.1, 0.15) is 33.1 Å². The molecule has 2 aliphatic carbocycles. The van der Waals surface area contributed by atoms with Crippen LogP contribution in [0.5, 0.6) is 0 Å². The Bertz CT molecular complexity index is 511. The highest BCUT2D eigenvalue weighted by molar-refractivity contribution is 5.91. The van der Waals surface area contributed by atoms with Gasteiger partial charge in [0.05, 0.1) is 11.5 Å². The van der Waals surface area contributed by atoms with Crippen LogP contribution in [-0.4, -0.2) is 36.4 Å². The van der Waals surface area contributed by atoms with Crippen molar-refractivity contribution in [3.63, 3.8) is 0 Å². The maximum absolute atomic E-state index is 12.5. The van der Waals surface area contributed by atoms with E-state index in [4.69, 9.17) is 9.47 Å². The minimum absolute atomic E-state index is 0.0174. The molecule has 0 aromatic heterocycles. The molecule has 5 heteroatoms. The molecule has 1 heterocycles. The first-order valence-electron chi connectivity index (χ1n) is 7.50. The van der Waals surface area contributed by atoms with Gasteiger partial charge in [-0.05, 0) is 26.2 Å². The summed E-state index contributed by atoms with van der Waals surface area (Å²) in [5.41, 5.74) is -0.878. The fraction of sp³-hybridized carbons (Fsp3) is 0.688. The van der Waals surface area contributed by atoms with Gasteiger partial charge in [-0.15, -0.1) is 0 Å². The average molecular weight is 292 g/mol. The van der Waals surface area contributed by atoms with Crippen LogP contribution < -0.4 is 0 Å². The molecule has 0 radical (unpaired) electrons. The molecule has 2 fully saturated rings. The number of esters is 1. The van der Waals surface area contributed by atoms with E-state index in [1.54, 1.807) is 6.92 Å². The van der Waals surface area contributed by atoms with E-state index in [0.717, 1.165) is 6.29 Å². The molecule has 0 aromatic rings. The number of ether oxygens (including phenoxy) is 2. The lowest BCUT2D eigenvalue weighted by molar-refractivity contribution is -0.206. The molecule has 21 heavy (non-hydrogen) atoms. The van der Waals surface area contributed by atoms with Crippen molar-refractivity contribution in [3.8, 4) is 0 Å². The number of hydrogen-bond acceptors (Lipinski definition) is 5. The van der Waals surface area contributed by atoms with Gasteiger partial charge in [-0.25, -0.2) is 0 Å². The molecule has 0 N–H and O–H groups in total. The van der Waals surface area contributed by atoms with Gasteiger partial charge in [0.1, 0.15) is 18.5 Å². The highest BCUT2D eigenvalue weighted by Gasteiger charge is 2.62. The molecule has 0 aromatic carbocycles. The third kappa shape index (κ3) is 1.98. The van der Waals surface area contributed by atoms with Crippen molar-refractivity contribution < 1.29 is 23.9 Å². The zero-order valence-electron chi connectivity index (χ0n) is 12.3. The van der Waals surface area contributed by atoms with E-state index in [0.29, 0.717) is 19.3 Å². The Morgan fingerprint density at radius 2 is 2.24 bits per heavy atom. The quantitative estimate of drug-likeness (QED) is 0.437. The molecule has 1 saturated heterocycles. The van der Waals surface area contributed by atoms with Gasteiger partial charge in [0, 0.05) is 18.8 Å². The summed E-state index contributed by atoms with van der Waals surface area (Å²) in [4.78, 5) is 35.8. The number of carbonyl (C=O) groups excluding carboxylic acids is 3. The monoisotopic (exact) mass is 292 g/mol. The minimum atomic E-state index is -0.878. The third-order valence-electron chi connectivity index (χ3n) is 5.20. The van der Waals surface area contributed by atoms with Gasteiger partial charge < -0.3 is 14.3 Å². The van der Waals surface area contributed by atoms with Crippen LogP contribution in [0, 0.1) is 17.3 Å². The first-order valence-corrected chi connectivity index (χ1v) is 7.50. The molecule has 5 nitrogen and oxygen atoms in total. The van der Waals surface area contributed by atoms with E-state index in [9.17, 15) is 14.4 Å². The smallest absolute Gasteiger partial charge is 0.302 e. The van der Waals surface area contributed by atoms with Crippen LogP contribution in [0.2, 0.25) is 0 Å². The molecule has 6 atom stereocenters. The largest absolute Gasteiger partial charge is 0.462 e. The van der Waals surface area contributed by atoms with Gasteiger partial charge in [-0.3, -0.25) is 9.59 Å². The van der Waals surface area contributed by atoms with Gasteiger partial charge in [0.25, 0.3) is 0 Å². The van der Waals surface area contributed by atoms with Gasteiger partial charge in [-0.1, -0.05) is 12.2 Å². The molecule has 1 unspecified atom stereocenters. The Balaban J connectivity index is 2.04. The fourth-order valence-electron chi connectivity index (χ4n) is 4.32. The molecular formula is C16H20O5. The van der Waals surface area contributed by atoms with Crippen molar-refractivity contribution in [1.29, 1.82) is 0 Å². The molecule has 0 bridgehead atoms. The van der Waals surface area contributed by atoms with Crippen molar-refractivity contribution in [3.05, 3.63) is 12.2 Å². The van der Waals surface area contributed by atoms with Crippen molar-refractivity contribution in [2.45, 2.75) is 51.4 Å². The highest BCUT2D eigenvalue weighted by Crippen LogP contribution is 2.54. The normalized spacial score (nSPS) is 44.9. The zero-order chi connectivity index (χ0) is 15.2. The summed E-state index contributed by atoms with van der Waals surface area (Å²) in [5.74, 6) is -1.01. The van der Waals surface area contributed by atoms with Crippen LogP contribution in [0.3, 0.4) is 0 Å². The molecule has 0 spiro atoms. The first kappa shape index (κ1) is 14.4. The van der Waals surface area contributed by atoms with E-state index in [1.165, 1.54) is 6.92 Å². The summed E-state index contributed by atoms with van der Waals surface area (Å²) in [6.45, 7) is 3.12. The Labute approximate surface area is 123 Å². The van der Waals surface area contributed by atoms with E-state index in [2.05, 4.69) is 0 Å². The number of ketones is 1. The molecule has 1 aliphatic heterocycles. The number of rotatable bonds is 2. The van der Waals surface area contributed by atoms with E-state index >= 15 is 0 Å². The third-order valence-corrected chi connectivity index (χ3v) is 5.20. The minimum Gasteiger partial charge on any atom is -0.462 e. The number of carbonyl (C=O) groups is 3. The van der Waals surface area contributed by atoms with Gasteiger partial charge >= 0.3 is 5.97 Å². The average Bonchev–Trinajstić information content (AvgIpc) is 2.46. The van der Waals surface area contributed by atoms with E-state index in [-0.39, 0.29) is 35.8 Å². The van der Waals surface area contributed by atoms with Crippen molar-refractivity contribution in [2.24, 2.45) is 17.3 Å². The Morgan fingerprint density at radius 1 is 1.48 bits per heavy atom. The molecule has 3 aliphatic rings. The van der Waals surface area contributed by atoms with Crippen molar-refractivity contribution in [1.82, 2.24) is 0 Å². The lowest BCUT2D eigenvalue weighted by atomic mass is 9.52. The lowest BCUT2D eigenvalue weighted by Gasteiger charge is -2.56. The summed E-state index contributed by atoms with van der Waals surface area (Å²) in [6, 6.07) is 0. The van der Waals surface area contributed by atoms with Crippen LogP contribution in [0.4, 0.5) is 0 Å². The number of allylic oxidation sites excluding steroid dienone is 1. The molecule has 1 saturated carbocycles. The molecule has 3 rings (SSSR count). The summed E-state index contributed by atoms with van der Waals surface area (Å²) in [5, 5.41) is 0. The maximum atomic E-state index is 12.5. The SMILES string of the molecule is CC(=O)OC1CC[C@@H]2O[C@H](C)C(=O)[C@@H]3CC=C[C@@H]1[C@]23C=O. The van der Waals surface area contributed by atoms with Crippen LogP contribution >= 0.6 is 0 Å². The van der Waals surface area contributed by atoms with Crippen molar-refractivity contribution in [2.75, 3.05) is 0 Å². The standard InChI is InChI=1S/C16H20O5/c1-9-15(19)12-5-3-4-11-13(21-10(2)18)6-7-14(20-9)16(11,12)8-17/h3-4,8-9,11-14H,5-7H2,1-2H3/t9-,11+,12+,13?,14+,16+/m1/s1. The van der Waals surface area contributed by atoms with Gasteiger partial charge in [0.2, 0.25) is 0 Å². The second-order valence-electron chi connectivity index (χ2n) is 6.25.